The first-order valence-electron chi connectivity index (χ1n) is 10.3. The molecule has 3 rings (SSSR count). The summed E-state index contributed by atoms with van der Waals surface area (Å²) in [6, 6.07) is 5.64. The molecule has 11 heteroatoms. The lowest BCUT2D eigenvalue weighted by Crippen LogP contribution is -2.52. The van der Waals surface area contributed by atoms with Crippen molar-refractivity contribution in [3.63, 3.8) is 0 Å². The molecule has 2 aromatic carbocycles. The van der Waals surface area contributed by atoms with E-state index in [4.69, 9.17) is 0 Å². The fraction of sp³-hybridized carbons (Fsp3) is 0.409. The molecule has 1 aliphatic rings. The molecule has 1 fully saturated rings. The maximum absolute atomic E-state index is 15.4. The molecule has 180 valence electrons. The number of benzene rings is 2. The Morgan fingerprint density at radius 1 is 1.09 bits per heavy atom. The van der Waals surface area contributed by atoms with Gasteiger partial charge in [0.15, 0.2) is 0 Å². The van der Waals surface area contributed by atoms with Crippen LogP contribution in [0, 0.1) is 17.5 Å². The molecule has 0 unspecified atom stereocenters. The Morgan fingerprint density at radius 2 is 1.73 bits per heavy atom. The summed E-state index contributed by atoms with van der Waals surface area (Å²) in [4.78, 5) is 15.6. The first-order chi connectivity index (χ1) is 15.4. The van der Waals surface area contributed by atoms with Crippen LogP contribution in [0.4, 0.5) is 18.0 Å². The van der Waals surface area contributed by atoms with Gasteiger partial charge in [0.05, 0.1) is 6.04 Å². The van der Waals surface area contributed by atoms with E-state index in [2.05, 4.69) is 4.72 Å². The summed E-state index contributed by atoms with van der Waals surface area (Å²) in [5.74, 6) is -2.33. The molecule has 2 atom stereocenters. The van der Waals surface area contributed by atoms with Crippen molar-refractivity contribution < 1.29 is 26.4 Å². The normalized spacial score (nSPS) is 18.7. The second-order valence-electron chi connectivity index (χ2n) is 8.38. The molecule has 1 saturated heterocycles. The number of nitrogens with one attached hydrogen (secondary N) is 1. The topological polar surface area (TPSA) is 73.0 Å². The third kappa shape index (κ3) is 5.48. The summed E-state index contributed by atoms with van der Waals surface area (Å²) in [6.07, 6.45) is 0.366. The largest absolute Gasteiger partial charge is 0.331 e. The lowest BCUT2D eigenvalue weighted by molar-refractivity contribution is 0.162. The molecular weight excluding hydrogens is 457 g/mol. The van der Waals surface area contributed by atoms with E-state index in [1.165, 1.54) is 36.0 Å². The number of carbonyl (C=O) groups excluding carboxylic acids is 1. The highest BCUT2D eigenvalue weighted by Crippen LogP contribution is 2.30. The van der Waals surface area contributed by atoms with E-state index < -0.39 is 39.7 Å². The highest BCUT2D eigenvalue weighted by molar-refractivity contribution is 7.87. The lowest BCUT2D eigenvalue weighted by Gasteiger charge is -2.31. The minimum absolute atomic E-state index is 0.0116. The third-order valence-electron chi connectivity index (χ3n) is 5.64. The molecule has 1 N–H and O–H groups in total. The average Bonchev–Trinajstić information content (AvgIpc) is 3.09. The van der Waals surface area contributed by atoms with Crippen molar-refractivity contribution in [2.75, 3.05) is 34.7 Å². The molecule has 1 heterocycles. The molecule has 1 aliphatic heterocycles. The van der Waals surface area contributed by atoms with Crippen LogP contribution in [0.1, 0.15) is 12.0 Å². The Kier molecular flexibility index (Phi) is 7.35. The van der Waals surface area contributed by atoms with Crippen molar-refractivity contribution in [2.24, 2.45) is 0 Å². The van der Waals surface area contributed by atoms with Crippen LogP contribution >= 0.6 is 0 Å². The van der Waals surface area contributed by atoms with Crippen LogP contribution in [0.15, 0.2) is 36.4 Å². The molecule has 0 bridgehead atoms. The molecule has 0 aliphatic carbocycles. The van der Waals surface area contributed by atoms with Gasteiger partial charge in [-0.05, 0) is 36.1 Å². The van der Waals surface area contributed by atoms with Crippen LogP contribution in [0.5, 0.6) is 0 Å². The molecule has 0 aromatic heterocycles. The number of amides is 2. The summed E-state index contributed by atoms with van der Waals surface area (Å²) in [5.41, 5.74) is 0.263. The van der Waals surface area contributed by atoms with Crippen molar-refractivity contribution in [1.82, 2.24) is 18.8 Å². The summed E-state index contributed by atoms with van der Waals surface area (Å²) in [6.45, 7) is 0.290. The Bertz CT molecular complexity index is 1120. The molecular formula is C22H27F3N4O3S. The van der Waals surface area contributed by atoms with Gasteiger partial charge in [0.2, 0.25) is 0 Å². The zero-order chi connectivity index (χ0) is 24.5. The van der Waals surface area contributed by atoms with Gasteiger partial charge in [0.1, 0.15) is 17.5 Å². The number of hydrogen-bond donors (Lipinski definition) is 1. The van der Waals surface area contributed by atoms with E-state index in [1.807, 2.05) is 0 Å². The number of rotatable bonds is 6. The standard InChI is InChI=1S/C22H27F3N4O3S/c1-27(2)22(30)29-9-8-19(26-33(31,32)28(3)4)20(29)12-14-6-5-7-18(21(14)25)15-10-16(23)13-17(24)11-15/h5-7,10-11,13,19-20,26H,8-9,12H2,1-4H3/t19-,20-/m0/s1. The van der Waals surface area contributed by atoms with Crippen molar-refractivity contribution >= 4 is 16.2 Å². The summed E-state index contributed by atoms with van der Waals surface area (Å²) in [5, 5.41) is 0. The van der Waals surface area contributed by atoms with E-state index in [9.17, 15) is 22.0 Å². The maximum atomic E-state index is 15.4. The Balaban J connectivity index is 1.98. The average molecular weight is 485 g/mol. The first kappa shape index (κ1) is 25.0. The molecule has 0 saturated carbocycles. The smallest absolute Gasteiger partial charge is 0.319 e. The highest BCUT2D eigenvalue weighted by Gasteiger charge is 2.40. The van der Waals surface area contributed by atoms with Gasteiger partial charge in [0, 0.05) is 52.4 Å². The number of urea groups is 1. The predicted octanol–water partition coefficient (Wildman–Crippen LogP) is 2.83. The van der Waals surface area contributed by atoms with E-state index in [1.54, 1.807) is 20.2 Å². The van der Waals surface area contributed by atoms with Gasteiger partial charge < -0.3 is 9.80 Å². The van der Waals surface area contributed by atoms with Crippen LogP contribution in [-0.2, 0) is 16.6 Å². The summed E-state index contributed by atoms with van der Waals surface area (Å²) in [7, 11) is 2.14. The Labute approximate surface area is 192 Å². The molecule has 2 amide bonds. The van der Waals surface area contributed by atoms with Crippen LogP contribution in [0.3, 0.4) is 0 Å². The zero-order valence-corrected chi connectivity index (χ0v) is 19.7. The molecule has 0 spiro atoms. The minimum Gasteiger partial charge on any atom is -0.331 e. The lowest BCUT2D eigenvalue weighted by atomic mass is 9.96. The van der Waals surface area contributed by atoms with Crippen LogP contribution in [0.25, 0.3) is 11.1 Å². The predicted molar refractivity (Wildman–Crippen MR) is 119 cm³/mol. The number of nitrogens with zero attached hydrogens (tertiary/aromatic N) is 3. The van der Waals surface area contributed by atoms with Gasteiger partial charge in [-0.2, -0.15) is 17.4 Å². The molecule has 0 radical (unpaired) electrons. The quantitative estimate of drug-likeness (QED) is 0.686. The van der Waals surface area contributed by atoms with Gasteiger partial charge in [-0.1, -0.05) is 18.2 Å². The van der Waals surface area contributed by atoms with Gasteiger partial charge in [0.25, 0.3) is 10.2 Å². The van der Waals surface area contributed by atoms with Crippen molar-refractivity contribution in [3.05, 3.63) is 59.4 Å². The van der Waals surface area contributed by atoms with E-state index in [0.717, 1.165) is 16.4 Å². The SMILES string of the molecule is CN(C)C(=O)N1CC[C@H](NS(=O)(=O)N(C)C)[C@@H]1Cc1cccc(-c2cc(F)cc(F)c2)c1F. The summed E-state index contributed by atoms with van der Waals surface area (Å²) >= 11 is 0. The van der Waals surface area contributed by atoms with Crippen LogP contribution < -0.4 is 4.72 Å². The van der Waals surface area contributed by atoms with E-state index in [0.29, 0.717) is 19.0 Å². The van der Waals surface area contributed by atoms with Gasteiger partial charge >= 0.3 is 6.03 Å². The fourth-order valence-electron chi connectivity index (χ4n) is 3.93. The van der Waals surface area contributed by atoms with Crippen LogP contribution in [-0.4, -0.2) is 75.4 Å². The second kappa shape index (κ2) is 9.70. The molecule has 2 aromatic rings. The van der Waals surface area contributed by atoms with Crippen molar-refractivity contribution in [2.45, 2.75) is 24.9 Å². The minimum atomic E-state index is -3.79. The van der Waals surface area contributed by atoms with Gasteiger partial charge in [-0.3, -0.25) is 0 Å². The van der Waals surface area contributed by atoms with Gasteiger partial charge in [-0.15, -0.1) is 0 Å². The Morgan fingerprint density at radius 3 is 2.30 bits per heavy atom. The monoisotopic (exact) mass is 484 g/mol. The van der Waals surface area contributed by atoms with Crippen LogP contribution in [0.2, 0.25) is 0 Å². The Hall–Kier alpha value is -2.63. The number of halogens is 3. The number of carbonyl (C=O) groups is 1. The van der Waals surface area contributed by atoms with Crippen molar-refractivity contribution in [1.29, 1.82) is 0 Å². The number of hydrogen-bond acceptors (Lipinski definition) is 3. The maximum Gasteiger partial charge on any atom is 0.319 e. The van der Waals surface area contributed by atoms with E-state index >= 15 is 4.39 Å². The van der Waals surface area contributed by atoms with Gasteiger partial charge in [-0.25, -0.2) is 18.0 Å². The molecule has 33 heavy (non-hydrogen) atoms. The summed E-state index contributed by atoms with van der Waals surface area (Å²) < 4.78 is 71.3. The number of likely N-dealkylation sites (tertiary alicyclic amines) is 1. The van der Waals surface area contributed by atoms with E-state index in [-0.39, 0.29) is 29.1 Å². The first-order valence-corrected chi connectivity index (χ1v) is 11.8. The third-order valence-corrected chi connectivity index (χ3v) is 7.20. The zero-order valence-electron chi connectivity index (χ0n) is 18.8. The highest BCUT2D eigenvalue weighted by atomic mass is 32.2. The molecule has 7 nitrogen and oxygen atoms in total. The fourth-order valence-corrected chi connectivity index (χ4v) is 4.80. The van der Waals surface area contributed by atoms with Crippen molar-refractivity contribution in [3.8, 4) is 11.1 Å². The second-order valence-corrected chi connectivity index (χ2v) is 10.3.